The first kappa shape index (κ1) is 19.3. The maximum Gasteiger partial charge on any atom is 0.295 e. The molecule has 2 heterocycles. The first-order valence-corrected chi connectivity index (χ1v) is 9.69. The van der Waals surface area contributed by atoms with Gasteiger partial charge in [-0.05, 0) is 25.8 Å². The highest BCUT2D eigenvalue weighted by Gasteiger charge is 2.47. The van der Waals surface area contributed by atoms with Gasteiger partial charge in [0.15, 0.2) is 0 Å². The van der Waals surface area contributed by atoms with Crippen LogP contribution in [-0.4, -0.2) is 41.0 Å². The molecule has 2 atom stereocenters. The third-order valence-corrected chi connectivity index (χ3v) is 5.49. The molecule has 2 aromatic rings. The van der Waals surface area contributed by atoms with Crippen molar-refractivity contribution in [3.63, 3.8) is 0 Å². The number of hydrogen-bond donors (Lipinski definition) is 1. The number of aliphatic hydroxyl groups excluding tert-OH is 1. The Bertz CT molecular complexity index is 977. The number of ether oxygens (including phenoxy) is 1. The fraction of sp³-hybridized carbons (Fsp3) is 0.304. The normalized spacial score (nSPS) is 23.7. The Kier molecular flexibility index (Phi) is 5.20. The van der Waals surface area contributed by atoms with Crippen LogP contribution in [0, 0.1) is 12.7 Å². The van der Waals surface area contributed by atoms with Crippen molar-refractivity contribution in [2.24, 2.45) is 0 Å². The van der Waals surface area contributed by atoms with E-state index in [0.717, 1.165) is 18.4 Å². The van der Waals surface area contributed by atoms with Gasteiger partial charge in [0.1, 0.15) is 11.6 Å². The third-order valence-electron chi connectivity index (χ3n) is 5.49. The van der Waals surface area contributed by atoms with Crippen LogP contribution in [-0.2, 0) is 14.3 Å². The van der Waals surface area contributed by atoms with Crippen LogP contribution in [0.3, 0.4) is 0 Å². The third kappa shape index (κ3) is 3.56. The van der Waals surface area contributed by atoms with Crippen molar-refractivity contribution >= 4 is 17.4 Å². The Labute approximate surface area is 168 Å². The van der Waals surface area contributed by atoms with Crippen molar-refractivity contribution in [2.75, 3.05) is 13.2 Å². The van der Waals surface area contributed by atoms with Crippen molar-refractivity contribution < 1.29 is 23.8 Å². The summed E-state index contributed by atoms with van der Waals surface area (Å²) in [6, 6.07) is 12.0. The highest BCUT2D eigenvalue weighted by Crippen LogP contribution is 2.40. The Hall–Kier alpha value is -2.99. The topological polar surface area (TPSA) is 66.8 Å². The number of halogens is 1. The molecule has 2 saturated heterocycles. The average Bonchev–Trinajstić information content (AvgIpc) is 3.31. The van der Waals surface area contributed by atoms with Gasteiger partial charge in [0.05, 0.1) is 17.7 Å². The second-order valence-electron chi connectivity index (χ2n) is 7.47. The number of hydrogen-bond acceptors (Lipinski definition) is 4. The molecule has 2 aliphatic rings. The molecule has 5 nitrogen and oxygen atoms in total. The molecular weight excluding hydrogens is 373 g/mol. The number of likely N-dealkylation sites (tertiary alicyclic amines) is 1. The molecule has 150 valence electrons. The fourth-order valence-corrected chi connectivity index (χ4v) is 3.96. The Morgan fingerprint density at radius 2 is 1.90 bits per heavy atom. The van der Waals surface area contributed by atoms with E-state index in [9.17, 15) is 19.1 Å². The molecule has 0 aromatic heterocycles. The van der Waals surface area contributed by atoms with E-state index >= 15 is 0 Å². The molecule has 2 fully saturated rings. The molecule has 29 heavy (non-hydrogen) atoms. The van der Waals surface area contributed by atoms with E-state index in [4.69, 9.17) is 4.74 Å². The zero-order valence-electron chi connectivity index (χ0n) is 16.1. The number of aliphatic hydroxyl groups is 1. The summed E-state index contributed by atoms with van der Waals surface area (Å²) in [5.41, 5.74) is 1.48. The molecular formula is C23H22FNO4. The van der Waals surface area contributed by atoms with Gasteiger partial charge in [0.2, 0.25) is 0 Å². The number of carbonyl (C=O) groups is 2. The number of Topliss-reactive ketones (excluding diaryl/α,β-unsaturated/α-hetero) is 1. The smallest absolute Gasteiger partial charge is 0.295 e. The molecule has 0 radical (unpaired) electrons. The lowest BCUT2D eigenvalue weighted by molar-refractivity contribution is -0.140. The van der Waals surface area contributed by atoms with Gasteiger partial charge in [-0.2, -0.15) is 0 Å². The average molecular weight is 395 g/mol. The van der Waals surface area contributed by atoms with Crippen LogP contribution in [0.25, 0.3) is 5.76 Å². The van der Waals surface area contributed by atoms with Gasteiger partial charge in [0, 0.05) is 24.3 Å². The summed E-state index contributed by atoms with van der Waals surface area (Å²) in [6.45, 7) is 2.68. The predicted molar refractivity (Wildman–Crippen MR) is 106 cm³/mol. The van der Waals surface area contributed by atoms with E-state index < -0.39 is 23.5 Å². The minimum absolute atomic E-state index is 0.0954. The highest BCUT2D eigenvalue weighted by molar-refractivity contribution is 6.46. The summed E-state index contributed by atoms with van der Waals surface area (Å²) < 4.78 is 20.3. The van der Waals surface area contributed by atoms with Crippen molar-refractivity contribution in [3.05, 3.63) is 76.6 Å². The first-order chi connectivity index (χ1) is 14.0. The minimum Gasteiger partial charge on any atom is -0.507 e. The molecule has 1 N–H and O–H groups in total. The summed E-state index contributed by atoms with van der Waals surface area (Å²) in [6.07, 6.45) is 1.44. The number of rotatable bonds is 4. The largest absolute Gasteiger partial charge is 0.507 e. The molecule has 0 unspecified atom stereocenters. The summed E-state index contributed by atoms with van der Waals surface area (Å²) in [5, 5.41) is 10.9. The summed E-state index contributed by atoms with van der Waals surface area (Å²) in [4.78, 5) is 27.1. The van der Waals surface area contributed by atoms with Gasteiger partial charge in [-0.25, -0.2) is 4.39 Å². The van der Waals surface area contributed by atoms with Gasteiger partial charge < -0.3 is 14.7 Å². The first-order valence-electron chi connectivity index (χ1n) is 9.69. The van der Waals surface area contributed by atoms with E-state index in [-0.39, 0.29) is 29.5 Å². The maximum absolute atomic E-state index is 14.7. The summed E-state index contributed by atoms with van der Waals surface area (Å²) in [7, 11) is 0. The number of aryl methyl sites for hydroxylation is 1. The van der Waals surface area contributed by atoms with Gasteiger partial charge in [-0.3, -0.25) is 9.59 Å². The van der Waals surface area contributed by atoms with Crippen molar-refractivity contribution in [1.82, 2.24) is 4.90 Å². The van der Waals surface area contributed by atoms with Crippen LogP contribution in [0.4, 0.5) is 4.39 Å². The molecule has 2 aliphatic heterocycles. The zero-order valence-corrected chi connectivity index (χ0v) is 16.1. The number of ketones is 1. The molecule has 4 rings (SSSR count). The standard InChI is InChI=1S/C23H22FNO4/c1-14-8-10-15(11-9-14)21(26)19-20(17-6-2-3-7-18(17)24)25(23(28)22(19)27)13-16-5-4-12-29-16/h2-3,6-11,16,20,26H,4-5,12-13H2,1H3/t16-,20+/m1/s1. The van der Waals surface area contributed by atoms with Crippen LogP contribution < -0.4 is 0 Å². The fourth-order valence-electron chi connectivity index (χ4n) is 3.96. The SMILES string of the molecule is Cc1ccc(C(O)=C2C(=O)C(=O)N(C[C@H]3CCCO3)[C@H]2c2ccccc2F)cc1. The van der Waals surface area contributed by atoms with Gasteiger partial charge >= 0.3 is 0 Å². The summed E-state index contributed by atoms with van der Waals surface area (Å²) >= 11 is 0. The highest BCUT2D eigenvalue weighted by atomic mass is 19.1. The maximum atomic E-state index is 14.7. The number of nitrogens with zero attached hydrogens (tertiary/aromatic N) is 1. The monoisotopic (exact) mass is 395 g/mol. The van der Waals surface area contributed by atoms with Gasteiger partial charge in [0.25, 0.3) is 11.7 Å². The molecule has 0 spiro atoms. The molecule has 0 saturated carbocycles. The number of amides is 1. The van der Waals surface area contributed by atoms with Gasteiger partial charge in [-0.15, -0.1) is 0 Å². The van der Waals surface area contributed by atoms with Crippen LogP contribution in [0.15, 0.2) is 54.1 Å². The minimum atomic E-state index is -0.998. The molecule has 0 aliphatic carbocycles. The molecule has 1 amide bonds. The summed E-state index contributed by atoms with van der Waals surface area (Å²) in [5.74, 6) is -2.39. The van der Waals surface area contributed by atoms with Crippen LogP contribution >= 0.6 is 0 Å². The molecule has 6 heteroatoms. The second kappa shape index (κ2) is 7.79. The lowest BCUT2D eigenvalue weighted by Crippen LogP contribution is -2.36. The predicted octanol–water partition coefficient (Wildman–Crippen LogP) is 3.73. The van der Waals surface area contributed by atoms with E-state index in [0.29, 0.717) is 12.2 Å². The lowest BCUT2D eigenvalue weighted by Gasteiger charge is -2.27. The zero-order chi connectivity index (χ0) is 20.5. The number of carbonyl (C=O) groups excluding carboxylic acids is 2. The van der Waals surface area contributed by atoms with Crippen LogP contribution in [0.5, 0.6) is 0 Å². The van der Waals surface area contributed by atoms with E-state index in [1.54, 1.807) is 36.4 Å². The van der Waals surface area contributed by atoms with Crippen molar-refractivity contribution in [1.29, 1.82) is 0 Å². The second-order valence-corrected chi connectivity index (χ2v) is 7.47. The quantitative estimate of drug-likeness (QED) is 0.487. The van der Waals surface area contributed by atoms with E-state index in [2.05, 4.69) is 0 Å². The van der Waals surface area contributed by atoms with Crippen molar-refractivity contribution in [3.8, 4) is 0 Å². The lowest BCUT2D eigenvalue weighted by atomic mass is 9.94. The van der Waals surface area contributed by atoms with Gasteiger partial charge in [-0.1, -0.05) is 48.0 Å². The Balaban J connectivity index is 1.84. The van der Waals surface area contributed by atoms with E-state index in [1.807, 2.05) is 6.92 Å². The Morgan fingerprint density at radius 3 is 2.55 bits per heavy atom. The van der Waals surface area contributed by atoms with Crippen LogP contribution in [0.2, 0.25) is 0 Å². The van der Waals surface area contributed by atoms with Crippen molar-refractivity contribution in [2.45, 2.75) is 31.9 Å². The molecule has 0 bridgehead atoms. The Morgan fingerprint density at radius 1 is 1.17 bits per heavy atom. The molecule has 2 aromatic carbocycles. The number of benzene rings is 2. The van der Waals surface area contributed by atoms with E-state index in [1.165, 1.54) is 17.0 Å². The van der Waals surface area contributed by atoms with Crippen LogP contribution in [0.1, 0.15) is 35.6 Å².